The second-order valence-corrected chi connectivity index (χ2v) is 4.14. The highest BCUT2D eigenvalue weighted by atomic mass is 16.5. The third kappa shape index (κ3) is 7.65. The molecule has 0 aromatic carbocycles. The van der Waals surface area contributed by atoms with Crippen LogP contribution in [0.25, 0.3) is 0 Å². The van der Waals surface area contributed by atoms with Crippen LogP contribution in [0.5, 0.6) is 0 Å². The Morgan fingerprint density at radius 1 is 1.38 bits per heavy atom. The molecule has 0 fully saturated rings. The predicted molar refractivity (Wildman–Crippen MR) is 64.4 cm³/mol. The van der Waals surface area contributed by atoms with E-state index >= 15 is 0 Å². The van der Waals surface area contributed by atoms with Gasteiger partial charge in [0.1, 0.15) is 0 Å². The monoisotopic (exact) mass is 231 g/mol. The average molecular weight is 231 g/mol. The van der Waals surface area contributed by atoms with E-state index in [1.807, 2.05) is 6.92 Å². The topological polar surface area (TPSA) is 47.6 Å². The lowest BCUT2D eigenvalue weighted by Gasteiger charge is -2.22. The van der Waals surface area contributed by atoms with Gasteiger partial charge >= 0.3 is 5.97 Å². The fraction of sp³-hybridized carbons (Fsp3) is 0.917. The number of hydrogen-bond acceptors (Lipinski definition) is 4. The Bertz CT molecular complexity index is 183. The molecule has 0 saturated heterocycles. The molecule has 0 radical (unpaired) electrons. The first-order valence-corrected chi connectivity index (χ1v) is 5.99. The highest BCUT2D eigenvalue weighted by Gasteiger charge is 2.12. The van der Waals surface area contributed by atoms with Gasteiger partial charge in [0.15, 0.2) is 0 Å². The van der Waals surface area contributed by atoms with Gasteiger partial charge in [-0.25, -0.2) is 0 Å². The fourth-order valence-corrected chi connectivity index (χ4v) is 1.35. The van der Waals surface area contributed by atoms with Crippen LogP contribution >= 0.6 is 0 Å². The molecular formula is C12H25NO3. The maximum absolute atomic E-state index is 10.9. The predicted octanol–water partition coefficient (Wildman–Crippen LogP) is 1.59. The molecular weight excluding hydrogens is 206 g/mol. The average Bonchev–Trinajstić information content (AvgIpc) is 2.27. The number of rotatable bonds is 9. The van der Waals surface area contributed by atoms with Crippen molar-refractivity contribution in [2.45, 2.75) is 39.7 Å². The van der Waals surface area contributed by atoms with Crippen molar-refractivity contribution in [2.75, 3.05) is 26.9 Å². The zero-order valence-electron chi connectivity index (χ0n) is 10.9. The molecule has 1 N–H and O–H groups in total. The maximum Gasteiger partial charge on any atom is 0.305 e. The smallest absolute Gasteiger partial charge is 0.305 e. The van der Waals surface area contributed by atoms with Crippen LogP contribution in [0.1, 0.15) is 33.6 Å². The second-order valence-electron chi connectivity index (χ2n) is 4.14. The van der Waals surface area contributed by atoms with Crippen molar-refractivity contribution in [1.29, 1.82) is 0 Å². The SMILES string of the molecule is CCOCC(NCCCC(=O)OC)C(C)C. The molecule has 0 aliphatic carbocycles. The normalized spacial score (nSPS) is 12.8. The quantitative estimate of drug-likeness (QED) is 0.483. The van der Waals surface area contributed by atoms with Gasteiger partial charge < -0.3 is 14.8 Å². The molecule has 0 rings (SSSR count). The molecule has 0 heterocycles. The Kier molecular flexibility index (Phi) is 9.24. The van der Waals surface area contributed by atoms with E-state index in [0.29, 0.717) is 18.4 Å². The van der Waals surface area contributed by atoms with Crippen LogP contribution < -0.4 is 5.32 Å². The second kappa shape index (κ2) is 9.60. The molecule has 16 heavy (non-hydrogen) atoms. The van der Waals surface area contributed by atoms with E-state index in [9.17, 15) is 4.79 Å². The van der Waals surface area contributed by atoms with Gasteiger partial charge in [-0.15, -0.1) is 0 Å². The molecule has 0 bridgehead atoms. The van der Waals surface area contributed by atoms with Crippen LogP contribution in [0.15, 0.2) is 0 Å². The van der Waals surface area contributed by atoms with Crippen molar-refractivity contribution in [2.24, 2.45) is 5.92 Å². The fourth-order valence-electron chi connectivity index (χ4n) is 1.35. The lowest BCUT2D eigenvalue weighted by molar-refractivity contribution is -0.140. The van der Waals surface area contributed by atoms with E-state index in [-0.39, 0.29) is 5.97 Å². The number of carbonyl (C=O) groups excluding carboxylic acids is 1. The van der Waals surface area contributed by atoms with E-state index in [1.54, 1.807) is 0 Å². The number of hydrogen-bond donors (Lipinski definition) is 1. The van der Waals surface area contributed by atoms with Crippen LogP contribution in [0, 0.1) is 5.92 Å². The van der Waals surface area contributed by atoms with Crippen LogP contribution in [0.2, 0.25) is 0 Å². The van der Waals surface area contributed by atoms with Crippen molar-refractivity contribution in [3.63, 3.8) is 0 Å². The molecule has 0 amide bonds. The van der Waals surface area contributed by atoms with Crippen molar-refractivity contribution >= 4 is 5.97 Å². The van der Waals surface area contributed by atoms with Gasteiger partial charge in [0.2, 0.25) is 0 Å². The Balaban J connectivity index is 3.63. The van der Waals surface area contributed by atoms with Crippen molar-refractivity contribution in [3.8, 4) is 0 Å². The Morgan fingerprint density at radius 2 is 2.06 bits per heavy atom. The third-order valence-corrected chi connectivity index (χ3v) is 2.50. The highest BCUT2D eigenvalue weighted by molar-refractivity contribution is 5.69. The lowest BCUT2D eigenvalue weighted by Crippen LogP contribution is -2.38. The highest BCUT2D eigenvalue weighted by Crippen LogP contribution is 2.02. The van der Waals surface area contributed by atoms with Crippen LogP contribution in [0.3, 0.4) is 0 Å². The first-order valence-electron chi connectivity index (χ1n) is 5.99. The molecule has 0 saturated carbocycles. The Labute approximate surface area is 98.7 Å². The minimum atomic E-state index is -0.146. The van der Waals surface area contributed by atoms with Gasteiger partial charge in [-0.2, -0.15) is 0 Å². The number of methoxy groups -OCH3 is 1. The summed E-state index contributed by atoms with van der Waals surface area (Å²) < 4.78 is 9.98. The maximum atomic E-state index is 10.9. The first-order chi connectivity index (χ1) is 7.61. The molecule has 4 heteroatoms. The third-order valence-electron chi connectivity index (χ3n) is 2.50. The molecule has 96 valence electrons. The van der Waals surface area contributed by atoms with E-state index in [2.05, 4.69) is 23.9 Å². The van der Waals surface area contributed by atoms with E-state index < -0.39 is 0 Å². The zero-order chi connectivity index (χ0) is 12.4. The van der Waals surface area contributed by atoms with Crippen LogP contribution in [-0.4, -0.2) is 38.9 Å². The van der Waals surface area contributed by atoms with E-state index in [4.69, 9.17) is 4.74 Å². The van der Waals surface area contributed by atoms with E-state index in [0.717, 1.165) is 26.2 Å². The number of carbonyl (C=O) groups is 1. The minimum Gasteiger partial charge on any atom is -0.469 e. The molecule has 0 aromatic rings. The van der Waals surface area contributed by atoms with Gasteiger partial charge in [-0.3, -0.25) is 4.79 Å². The van der Waals surface area contributed by atoms with Gasteiger partial charge in [0, 0.05) is 19.1 Å². The van der Waals surface area contributed by atoms with Crippen molar-refractivity contribution in [3.05, 3.63) is 0 Å². The Hall–Kier alpha value is -0.610. The van der Waals surface area contributed by atoms with Gasteiger partial charge in [-0.05, 0) is 25.8 Å². The summed E-state index contributed by atoms with van der Waals surface area (Å²) in [5.41, 5.74) is 0. The summed E-state index contributed by atoms with van der Waals surface area (Å²) in [6.07, 6.45) is 1.28. The van der Waals surface area contributed by atoms with Gasteiger partial charge in [0.05, 0.1) is 13.7 Å². The van der Waals surface area contributed by atoms with Crippen molar-refractivity contribution in [1.82, 2.24) is 5.32 Å². The molecule has 1 unspecified atom stereocenters. The molecule has 0 aliphatic heterocycles. The summed E-state index contributed by atoms with van der Waals surface area (Å²) in [5, 5.41) is 3.40. The number of nitrogens with one attached hydrogen (secondary N) is 1. The van der Waals surface area contributed by atoms with Crippen LogP contribution in [0.4, 0.5) is 0 Å². The largest absolute Gasteiger partial charge is 0.469 e. The van der Waals surface area contributed by atoms with Gasteiger partial charge in [0.25, 0.3) is 0 Å². The summed E-state index contributed by atoms with van der Waals surface area (Å²) in [7, 11) is 1.42. The standard InChI is InChI=1S/C12H25NO3/c1-5-16-9-11(10(2)3)13-8-6-7-12(14)15-4/h10-11,13H,5-9H2,1-4H3. The summed E-state index contributed by atoms with van der Waals surface area (Å²) >= 11 is 0. The molecule has 0 spiro atoms. The summed E-state index contributed by atoms with van der Waals surface area (Å²) in [4.78, 5) is 10.9. The van der Waals surface area contributed by atoms with E-state index in [1.165, 1.54) is 7.11 Å². The zero-order valence-corrected chi connectivity index (χ0v) is 10.9. The number of esters is 1. The molecule has 0 aliphatic rings. The number of ether oxygens (including phenoxy) is 2. The summed E-state index contributed by atoms with van der Waals surface area (Å²) in [6.45, 7) is 8.62. The Morgan fingerprint density at radius 3 is 2.56 bits per heavy atom. The minimum absolute atomic E-state index is 0.146. The first kappa shape index (κ1) is 15.4. The molecule has 4 nitrogen and oxygen atoms in total. The summed E-state index contributed by atoms with van der Waals surface area (Å²) in [6, 6.07) is 0.359. The van der Waals surface area contributed by atoms with Gasteiger partial charge in [-0.1, -0.05) is 13.8 Å². The summed E-state index contributed by atoms with van der Waals surface area (Å²) in [5.74, 6) is 0.386. The lowest BCUT2D eigenvalue weighted by atomic mass is 10.1. The molecule has 1 atom stereocenters. The van der Waals surface area contributed by atoms with Crippen molar-refractivity contribution < 1.29 is 14.3 Å². The molecule has 0 aromatic heterocycles. The van der Waals surface area contributed by atoms with Crippen LogP contribution in [-0.2, 0) is 14.3 Å².